The van der Waals surface area contributed by atoms with Gasteiger partial charge in [-0.3, -0.25) is 9.59 Å². The molecule has 4 nitrogen and oxygen atoms in total. The summed E-state index contributed by atoms with van der Waals surface area (Å²) in [5.41, 5.74) is 2.44. The molecule has 108 valence electrons. The molecule has 0 aliphatic heterocycles. The van der Waals surface area contributed by atoms with Gasteiger partial charge >= 0.3 is 0 Å². The second-order valence-corrected chi connectivity index (χ2v) is 5.07. The minimum Gasteiger partial charge on any atom is -0.325 e. The fraction of sp³-hybridized carbons (Fsp3) is 0.125. The van der Waals surface area contributed by atoms with Crippen molar-refractivity contribution < 1.29 is 9.59 Å². The van der Waals surface area contributed by atoms with Gasteiger partial charge in [-0.2, -0.15) is 0 Å². The summed E-state index contributed by atoms with van der Waals surface area (Å²) in [6, 6.07) is 12.2. The number of nitrogens with one attached hydrogen (secondary N) is 2. The van der Waals surface area contributed by atoms with Crippen LogP contribution in [0, 0.1) is 6.92 Å². The second kappa shape index (κ2) is 6.41. The fourth-order valence-electron chi connectivity index (χ4n) is 1.88. The van der Waals surface area contributed by atoms with E-state index < -0.39 is 0 Å². The van der Waals surface area contributed by atoms with E-state index in [-0.39, 0.29) is 11.8 Å². The van der Waals surface area contributed by atoms with Gasteiger partial charge in [0.1, 0.15) is 0 Å². The summed E-state index contributed by atoms with van der Waals surface area (Å²) in [7, 11) is 0. The van der Waals surface area contributed by atoms with Gasteiger partial charge in [-0.15, -0.1) is 0 Å². The third-order valence-electron chi connectivity index (χ3n) is 2.86. The molecule has 0 aliphatic carbocycles. The molecule has 0 saturated heterocycles. The van der Waals surface area contributed by atoms with Gasteiger partial charge in [-0.1, -0.05) is 29.8 Å². The molecule has 0 bridgehead atoms. The third-order valence-corrected chi connectivity index (χ3v) is 3.17. The summed E-state index contributed by atoms with van der Waals surface area (Å²) < 4.78 is 0. The maximum absolute atomic E-state index is 12.3. The van der Waals surface area contributed by atoms with Crippen LogP contribution in [0.15, 0.2) is 42.5 Å². The van der Waals surface area contributed by atoms with Crippen molar-refractivity contribution >= 4 is 34.8 Å². The molecule has 5 heteroatoms. The van der Waals surface area contributed by atoms with Crippen LogP contribution in [0.25, 0.3) is 0 Å². The number of benzene rings is 2. The largest absolute Gasteiger partial charge is 0.325 e. The van der Waals surface area contributed by atoms with Gasteiger partial charge in [-0.25, -0.2) is 0 Å². The number of aryl methyl sites for hydroxylation is 1. The van der Waals surface area contributed by atoms with Crippen molar-refractivity contribution in [2.75, 3.05) is 10.6 Å². The Hall–Kier alpha value is -2.33. The van der Waals surface area contributed by atoms with Crippen molar-refractivity contribution in [3.63, 3.8) is 0 Å². The lowest BCUT2D eigenvalue weighted by Crippen LogP contribution is -2.15. The van der Waals surface area contributed by atoms with E-state index in [9.17, 15) is 9.59 Å². The zero-order valence-electron chi connectivity index (χ0n) is 11.7. The highest BCUT2D eigenvalue weighted by Gasteiger charge is 2.12. The highest BCUT2D eigenvalue weighted by atomic mass is 35.5. The number of carbonyl (C=O) groups is 2. The predicted molar refractivity (Wildman–Crippen MR) is 84.9 cm³/mol. The van der Waals surface area contributed by atoms with Crippen LogP contribution in [-0.2, 0) is 4.79 Å². The smallest absolute Gasteiger partial charge is 0.257 e. The number of hydrogen-bond donors (Lipinski definition) is 2. The number of para-hydroxylation sites is 2. The Morgan fingerprint density at radius 1 is 1.00 bits per heavy atom. The van der Waals surface area contributed by atoms with E-state index in [1.807, 2.05) is 13.0 Å². The SMILES string of the molecule is CC(=O)Nc1ccccc1NC(=O)c1ccc(C)cc1Cl. The molecule has 0 atom stereocenters. The first kappa shape index (κ1) is 15.1. The lowest BCUT2D eigenvalue weighted by molar-refractivity contribution is -0.114. The second-order valence-electron chi connectivity index (χ2n) is 4.66. The van der Waals surface area contributed by atoms with Crippen LogP contribution in [0.1, 0.15) is 22.8 Å². The minimum atomic E-state index is -0.321. The number of amides is 2. The first-order valence-electron chi connectivity index (χ1n) is 6.41. The van der Waals surface area contributed by atoms with Crippen molar-refractivity contribution in [2.24, 2.45) is 0 Å². The fourth-order valence-corrected chi connectivity index (χ4v) is 2.21. The van der Waals surface area contributed by atoms with Crippen molar-refractivity contribution in [3.05, 3.63) is 58.6 Å². The number of anilines is 2. The molecule has 0 saturated carbocycles. The zero-order chi connectivity index (χ0) is 15.4. The molecule has 0 radical (unpaired) electrons. The molecule has 2 aromatic carbocycles. The zero-order valence-corrected chi connectivity index (χ0v) is 12.5. The van der Waals surface area contributed by atoms with Crippen LogP contribution in [0.3, 0.4) is 0 Å². The Balaban J connectivity index is 2.25. The van der Waals surface area contributed by atoms with Crippen LogP contribution in [-0.4, -0.2) is 11.8 Å². The molecule has 2 N–H and O–H groups in total. The summed E-state index contributed by atoms with van der Waals surface area (Å²) >= 11 is 6.08. The van der Waals surface area contributed by atoms with Gasteiger partial charge in [0, 0.05) is 6.92 Å². The van der Waals surface area contributed by atoms with Gasteiger partial charge in [0.2, 0.25) is 5.91 Å². The van der Waals surface area contributed by atoms with E-state index >= 15 is 0 Å². The molecule has 2 amide bonds. The molecule has 2 aromatic rings. The van der Waals surface area contributed by atoms with E-state index in [0.717, 1.165) is 5.56 Å². The van der Waals surface area contributed by atoms with Gasteiger partial charge in [0.15, 0.2) is 0 Å². The molecule has 0 aliphatic rings. The Kier molecular flexibility index (Phi) is 4.60. The van der Waals surface area contributed by atoms with Gasteiger partial charge in [0.05, 0.1) is 22.0 Å². The van der Waals surface area contributed by atoms with Gasteiger partial charge in [-0.05, 0) is 36.8 Å². The maximum atomic E-state index is 12.3. The van der Waals surface area contributed by atoms with E-state index in [2.05, 4.69) is 10.6 Å². The van der Waals surface area contributed by atoms with E-state index in [0.29, 0.717) is 22.0 Å². The quantitative estimate of drug-likeness (QED) is 0.904. The average Bonchev–Trinajstić information content (AvgIpc) is 2.40. The predicted octanol–water partition coefficient (Wildman–Crippen LogP) is 3.86. The molecule has 0 heterocycles. The summed E-state index contributed by atoms with van der Waals surface area (Å²) in [5, 5.41) is 5.81. The molecule has 0 aromatic heterocycles. The number of carbonyl (C=O) groups excluding carboxylic acids is 2. The highest BCUT2D eigenvalue weighted by Crippen LogP contribution is 2.24. The van der Waals surface area contributed by atoms with Crippen LogP contribution in [0.2, 0.25) is 5.02 Å². The van der Waals surface area contributed by atoms with Crippen LogP contribution < -0.4 is 10.6 Å². The molecule has 0 spiro atoms. The Morgan fingerprint density at radius 3 is 2.19 bits per heavy atom. The van der Waals surface area contributed by atoms with E-state index in [1.165, 1.54) is 6.92 Å². The molecular formula is C16H15ClN2O2. The molecule has 21 heavy (non-hydrogen) atoms. The average molecular weight is 303 g/mol. The summed E-state index contributed by atoms with van der Waals surface area (Å²) in [6.07, 6.45) is 0. The Labute approximate surface area is 128 Å². The summed E-state index contributed by atoms with van der Waals surface area (Å²) in [6.45, 7) is 3.31. The first-order valence-corrected chi connectivity index (χ1v) is 6.79. The Morgan fingerprint density at radius 2 is 1.62 bits per heavy atom. The van der Waals surface area contributed by atoms with Gasteiger partial charge < -0.3 is 10.6 Å². The number of hydrogen-bond acceptors (Lipinski definition) is 2. The lowest BCUT2D eigenvalue weighted by Gasteiger charge is -2.12. The number of rotatable bonds is 3. The minimum absolute atomic E-state index is 0.204. The van der Waals surface area contributed by atoms with Crippen molar-refractivity contribution in [3.8, 4) is 0 Å². The first-order chi connectivity index (χ1) is 9.97. The maximum Gasteiger partial charge on any atom is 0.257 e. The van der Waals surface area contributed by atoms with Gasteiger partial charge in [0.25, 0.3) is 5.91 Å². The summed E-state index contributed by atoms with van der Waals surface area (Å²) in [5.74, 6) is -0.525. The summed E-state index contributed by atoms with van der Waals surface area (Å²) in [4.78, 5) is 23.4. The topological polar surface area (TPSA) is 58.2 Å². The lowest BCUT2D eigenvalue weighted by atomic mass is 10.1. The molecule has 0 unspecified atom stereocenters. The molecule has 2 rings (SSSR count). The highest BCUT2D eigenvalue weighted by molar-refractivity contribution is 6.34. The van der Waals surface area contributed by atoms with Crippen molar-refractivity contribution in [1.29, 1.82) is 0 Å². The standard InChI is InChI=1S/C16H15ClN2O2/c1-10-7-8-12(13(17)9-10)16(21)19-15-6-4-3-5-14(15)18-11(2)20/h3-9H,1-2H3,(H,18,20)(H,19,21). The van der Waals surface area contributed by atoms with Crippen molar-refractivity contribution in [2.45, 2.75) is 13.8 Å². The van der Waals surface area contributed by atoms with Crippen LogP contribution in [0.4, 0.5) is 11.4 Å². The van der Waals surface area contributed by atoms with Crippen molar-refractivity contribution in [1.82, 2.24) is 0 Å². The van der Waals surface area contributed by atoms with E-state index in [1.54, 1.807) is 36.4 Å². The van der Waals surface area contributed by atoms with Crippen LogP contribution >= 0.6 is 11.6 Å². The Bertz CT molecular complexity index is 698. The monoisotopic (exact) mass is 302 g/mol. The molecular weight excluding hydrogens is 288 g/mol. The van der Waals surface area contributed by atoms with Crippen LogP contribution in [0.5, 0.6) is 0 Å². The third kappa shape index (κ3) is 3.83. The van der Waals surface area contributed by atoms with E-state index in [4.69, 9.17) is 11.6 Å². The molecule has 0 fully saturated rings. The number of halogens is 1. The normalized spacial score (nSPS) is 10.0.